The maximum absolute atomic E-state index is 9.29. The fourth-order valence-electron chi connectivity index (χ4n) is 1.43. The fourth-order valence-corrected chi connectivity index (χ4v) is 1.43. The van der Waals surface area contributed by atoms with Gasteiger partial charge in [-0.2, -0.15) is 15.0 Å². The number of phenolic OH excluding ortho intramolecular Hbond substituents is 1. The van der Waals surface area contributed by atoms with Crippen molar-refractivity contribution in [1.82, 2.24) is 15.0 Å². The van der Waals surface area contributed by atoms with Crippen LogP contribution < -0.4 is 11.5 Å². The summed E-state index contributed by atoms with van der Waals surface area (Å²) in [6, 6.07) is 4.88. The van der Waals surface area contributed by atoms with Crippen LogP contribution in [0.4, 0.5) is 11.9 Å². The highest BCUT2D eigenvalue weighted by molar-refractivity contribution is 5.62. The molecule has 0 atom stereocenters. The van der Waals surface area contributed by atoms with Crippen molar-refractivity contribution in [2.75, 3.05) is 11.5 Å². The van der Waals surface area contributed by atoms with Gasteiger partial charge in [0, 0.05) is 5.56 Å². The first-order valence-electron chi connectivity index (χ1n) is 4.63. The molecule has 1 aromatic carbocycles. The van der Waals surface area contributed by atoms with Gasteiger partial charge in [-0.1, -0.05) is 0 Å². The van der Waals surface area contributed by atoms with Crippen LogP contribution in [0.5, 0.6) is 5.75 Å². The van der Waals surface area contributed by atoms with Gasteiger partial charge in [0.15, 0.2) is 5.82 Å². The molecule has 0 bridgehead atoms. The molecule has 0 fully saturated rings. The van der Waals surface area contributed by atoms with Gasteiger partial charge in [-0.05, 0) is 30.7 Å². The summed E-state index contributed by atoms with van der Waals surface area (Å²) >= 11 is 0. The summed E-state index contributed by atoms with van der Waals surface area (Å²) < 4.78 is 0. The van der Waals surface area contributed by atoms with Gasteiger partial charge >= 0.3 is 0 Å². The van der Waals surface area contributed by atoms with E-state index in [0.29, 0.717) is 5.82 Å². The number of phenols is 1. The van der Waals surface area contributed by atoms with Crippen molar-refractivity contribution in [3.63, 3.8) is 0 Å². The molecule has 0 spiro atoms. The third-order valence-electron chi connectivity index (χ3n) is 2.12. The third-order valence-corrected chi connectivity index (χ3v) is 2.12. The molecule has 0 aliphatic carbocycles. The highest BCUT2D eigenvalue weighted by Gasteiger charge is 2.08. The van der Waals surface area contributed by atoms with E-state index in [1.165, 1.54) is 0 Å². The van der Waals surface area contributed by atoms with Gasteiger partial charge in [-0.25, -0.2) is 0 Å². The molecule has 0 saturated carbocycles. The quantitative estimate of drug-likeness (QED) is 0.649. The molecule has 1 heterocycles. The Morgan fingerprint density at radius 1 is 1.06 bits per heavy atom. The van der Waals surface area contributed by atoms with Gasteiger partial charge in [0.05, 0.1) is 0 Å². The Bertz CT molecular complexity index is 520. The SMILES string of the molecule is Cc1cc(O)ccc1-c1nc(N)nc(N)n1. The topological polar surface area (TPSA) is 111 Å². The van der Waals surface area contributed by atoms with Gasteiger partial charge < -0.3 is 16.6 Å². The average molecular weight is 217 g/mol. The summed E-state index contributed by atoms with van der Waals surface area (Å²) in [5.74, 6) is 0.753. The van der Waals surface area contributed by atoms with Crippen LogP contribution in [0.2, 0.25) is 0 Å². The van der Waals surface area contributed by atoms with Crippen molar-refractivity contribution < 1.29 is 5.11 Å². The number of hydrogen-bond donors (Lipinski definition) is 3. The van der Waals surface area contributed by atoms with Gasteiger partial charge in [0.25, 0.3) is 0 Å². The lowest BCUT2D eigenvalue weighted by Crippen LogP contribution is -2.04. The maximum atomic E-state index is 9.29. The van der Waals surface area contributed by atoms with E-state index in [1.54, 1.807) is 18.2 Å². The van der Waals surface area contributed by atoms with Crippen LogP contribution in [0, 0.1) is 6.92 Å². The first-order valence-corrected chi connectivity index (χ1v) is 4.63. The first kappa shape index (κ1) is 10.2. The number of rotatable bonds is 1. The monoisotopic (exact) mass is 217 g/mol. The van der Waals surface area contributed by atoms with Crippen LogP contribution in [0.25, 0.3) is 11.4 Å². The number of nitrogens with two attached hydrogens (primary N) is 2. The summed E-state index contributed by atoms with van der Waals surface area (Å²) in [5.41, 5.74) is 12.6. The van der Waals surface area contributed by atoms with Crippen molar-refractivity contribution in [2.24, 2.45) is 0 Å². The van der Waals surface area contributed by atoms with Gasteiger partial charge in [-0.15, -0.1) is 0 Å². The van der Waals surface area contributed by atoms with Crippen molar-refractivity contribution in [1.29, 1.82) is 0 Å². The standard InChI is InChI=1S/C10H11N5O/c1-5-4-6(16)2-3-7(5)8-13-9(11)15-10(12)14-8/h2-4,16H,1H3,(H4,11,12,13,14,15). The molecule has 0 amide bonds. The molecule has 0 aliphatic heterocycles. The number of hydrogen-bond acceptors (Lipinski definition) is 6. The second-order valence-corrected chi connectivity index (χ2v) is 3.37. The van der Waals surface area contributed by atoms with Crippen molar-refractivity contribution in [3.8, 4) is 17.1 Å². The van der Waals surface area contributed by atoms with Crippen molar-refractivity contribution >= 4 is 11.9 Å². The Hall–Kier alpha value is -2.37. The van der Waals surface area contributed by atoms with E-state index in [9.17, 15) is 5.11 Å². The number of aromatic nitrogens is 3. The zero-order chi connectivity index (χ0) is 11.7. The van der Waals surface area contributed by atoms with Gasteiger partial charge in [-0.3, -0.25) is 0 Å². The van der Waals surface area contributed by atoms with E-state index < -0.39 is 0 Å². The van der Waals surface area contributed by atoms with Gasteiger partial charge in [0.2, 0.25) is 11.9 Å². The minimum atomic E-state index is 0.0787. The number of benzene rings is 1. The predicted octanol–water partition coefficient (Wildman–Crippen LogP) is 0.717. The maximum Gasteiger partial charge on any atom is 0.225 e. The van der Waals surface area contributed by atoms with E-state index >= 15 is 0 Å². The smallest absolute Gasteiger partial charge is 0.225 e. The highest BCUT2D eigenvalue weighted by atomic mass is 16.3. The lowest BCUT2D eigenvalue weighted by molar-refractivity contribution is 0.475. The molecular weight excluding hydrogens is 206 g/mol. The molecule has 0 unspecified atom stereocenters. The molecule has 82 valence electrons. The van der Waals surface area contributed by atoms with Crippen molar-refractivity contribution in [2.45, 2.75) is 6.92 Å². The van der Waals surface area contributed by atoms with E-state index in [4.69, 9.17) is 11.5 Å². The normalized spacial score (nSPS) is 10.3. The van der Waals surface area contributed by atoms with Crippen LogP contribution in [0.1, 0.15) is 5.56 Å². The van der Waals surface area contributed by atoms with E-state index in [1.807, 2.05) is 6.92 Å². The van der Waals surface area contributed by atoms with E-state index in [0.717, 1.165) is 11.1 Å². The van der Waals surface area contributed by atoms with Crippen LogP contribution in [0.15, 0.2) is 18.2 Å². The first-order chi connectivity index (χ1) is 7.56. The Morgan fingerprint density at radius 3 is 2.25 bits per heavy atom. The molecule has 0 aliphatic rings. The molecule has 2 rings (SSSR count). The average Bonchev–Trinajstić information content (AvgIpc) is 2.15. The number of nitrogen functional groups attached to an aromatic ring is 2. The van der Waals surface area contributed by atoms with E-state index in [2.05, 4.69) is 15.0 Å². The number of aryl methyl sites for hydroxylation is 1. The molecule has 5 N–H and O–H groups in total. The number of anilines is 2. The van der Waals surface area contributed by atoms with Crippen LogP contribution in [0.3, 0.4) is 0 Å². The Kier molecular flexibility index (Phi) is 2.32. The Labute approximate surface area is 92.0 Å². The van der Waals surface area contributed by atoms with Gasteiger partial charge in [0.1, 0.15) is 5.75 Å². The molecular formula is C10H11N5O. The number of nitrogens with zero attached hydrogens (tertiary/aromatic N) is 3. The predicted molar refractivity (Wildman–Crippen MR) is 60.5 cm³/mol. The summed E-state index contributed by atoms with van der Waals surface area (Å²) in [6.45, 7) is 1.84. The van der Waals surface area contributed by atoms with Crippen LogP contribution in [-0.4, -0.2) is 20.1 Å². The number of aromatic hydroxyl groups is 1. The van der Waals surface area contributed by atoms with E-state index in [-0.39, 0.29) is 17.6 Å². The second-order valence-electron chi connectivity index (χ2n) is 3.37. The molecule has 0 saturated heterocycles. The molecule has 0 radical (unpaired) electrons. The van der Waals surface area contributed by atoms with Crippen LogP contribution in [-0.2, 0) is 0 Å². The van der Waals surface area contributed by atoms with Crippen LogP contribution >= 0.6 is 0 Å². The lowest BCUT2D eigenvalue weighted by atomic mass is 10.1. The zero-order valence-corrected chi connectivity index (χ0v) is 8.68. The Balaban J connectivity index is 2.58. The molecule has 2 aromatic rings. The second kappa shape index (κ2) is 3.65. The summed E-state index contributed by atoms with van der Waals surface area (Å²) in [7, 11) is 0. The zero-order valence-electron chi connectivity index (χ0n) is 8.68. The van der Waals surface area contributed by atoms with Crippen molar-refractivity contribution in [3.05, 3.63) is 23.8 Å². The molecule has 6 nitrogen and oxygen atoms in total. The Morgan fingerprint density at radius 2 is 1.69 bits per heavy atom. The largest absolute Gasteiger partial charge is 0.508 e. The summed E-state index contributed by atoms with van der Waals surface area (Å²) in [4.78, 5) is 11.7. The molecule has 1 aromatic heterocycles. The lowest BCUT2D eigenvalue weighted by Gasteiger charge is -2.05. The minimum absolute atomic E-state index is 0.0787. The summed E-state index contributed by atoms with van der Waals surface area (Å²) in [5, 5.41) is 9.29. The molecule has 6 heteroatoms. The minimum Gasteiger partial charge on any atom is -0.508 e. The third kappa shape index (κ3) is 1.85. The highest BCUT2D eigenvalue weighted by Crippen LogP contribution is 2.24. The molecule has 16 heavy (non-hydrogen) atoms. The fraction of sp³-hybridized carbons (Fsp3) is 0.100. The summed E-state index contributed by atoms with van der Waals surface area (Å²) in [6.07, 6.45) is 0.